The quantitative estimate of drug-likeness (QED) is 0.516. The number of alkyl halides is 3. The second kappa shape index (κ2) is 6.04. The van der Waals surface area contributed by atoms with Crippen LogP contribution >= 0.6 is 0 Å². The van der Waals surface area contributed by atoms with E-state index in [9.17, 15) is 17.6 Å². The maximum Gasteiger partial charge on any atom is 0.411 e. The molecule has 1 aromatic heterocycles. The molecule has 6 nitrogen and oxygen atoms in total. The van der Waals surface area contributed by atoms with Gasteiger partial charge in [-0.05, 0) is 28.6 Å². The fourth-order valence-electron chi connectivity index (χ4n) is 1.57. The summed E-state index contributed by atoms with van der Waals surface area (Å²) in [5, 5.41) is 10.7. The molecular weight excluding hydrogens is 294 g/mol. The molecule has 0 radical (unpaired) electrons. The summed E-state index contributed by atoms with van der Waals surface area (Å²) in [6.07, 6.45) is -4.39. The number of hydrogen-bond acceptors (Lipinski definition) is 5. The third-order valence-electron chi connectivity index (χ3n) is 2.50. The lowest BCUT2D eigenvalue weighted by atomic mass is 10.2. The van der Waals surface area contributed by atoms with E-state index in [1.165, 1.54) is 16.8 Å². The van der Waals surface area contributed by atoms with Crippen LogP contribution in [-0.2, 0) is 11.3 Å². The summed E-state index contributed by atoms with van der Waals surface area (Å²) in [6.45, 7) is -1.57. The minimum atomic E-state index is -4.39. The summed E-state index contributed by atoms with van der Waals surface area (Å²) in [7, 11) is 0. The molecule has 1 heterocycles. The van der Waals surface area contributed by atoms with Gasteiger partial charge in [-0.1, -0.05) is 0 Å². The van der Waals surface area contributed by atoms with Gasteiger partial charge < -0.3 is 10.5 Å². The lowest BCUT2D eigenvalue weighted by Crippen LogP contribution is -2.19. The minimum absolute atomic E-state index is 0.00437. The average molecular weight is 305 g/mol. The number of ether oxygens (including phenoxy) is 1. The minimum Gasteiger partial charge on any atom is -0.396 e. The number of aromatic nitrogens is 4. The van der Waals surface area contributed by atoms with E-state index in [0.717, 1.165) is 6.07 Å². The molecule has 0 bridgehead atoms. The van der Waals surface area contributed by atoms with Crippen molar-refractivity contribution in [3.63, 3.8) is 0 Å². The van der Waals surface area contributed by atoms with Crippen LogP contribution in [0.2, 0.25) is 0 Å². The largest absolute Gasteiger partial charge is 0.411 e. The van der Waals surface area contributed by atoms with Gasteiger partial charge in [-0.2, -0.15) is 13.2 Å². The third-order valence-corrected chi connectivity index (χ3v) is 2.50. The van der Waals surface area contributed by atoms with Crippen LogP contribution in [-0.4, -0.2) is 39.6 Å². The maximum absolute atomic E-state index is 13.4. The zero-order chi connectivity index (χ0) is 15.5. The summed E-state index contributed by atoms with van der Waals surface area (Å²) in [4.78, 5) is 0. The van der Waals surface area contributed by atoms with Gasteiger partial charge in [-0.15, -0.1) is 5.10 Å². The normalized spacial score (nSPS) is 11.8. The summed E-state index contributed by atoms with van der Waals surface area (Å²) < 4.78 is 54.8. The lowest BCUT2D eigenvalue weighted by molar-refractivity contribution is -0.174. The van der Waals surface area contributed by atoms with Crippen molar-refractivity contribution < 1.29 is 22.3 Å². The Kier molecular flexibility index (Phi) is 4.36. The fraction of sp³-hybridized carbons (Fsp3) is 0.364. The third kappa shape index (κ3) is 4.12. The van der Waals surface area contributed by atoms with Gasteiger partial charge in [0.05, 0.1) is 18.8 Å². The Morgan fingerprint density at radius 1 is 1.29 bits per heavy atom. The van der Waals surface area contributed by atoms with Crippen molar-refractivity contribution in [2.45, 2.75) is 12.7 Å². The summed E-state index contributed by atoms with van der Waals surface area (Å²) in [6, 6.07) is 4.01. The van der Waals surface area contributed by atoms with E-state index in [4.69, 9.17) is 5.73 Å². The highest BCUT2D eigenvalue weighted by atomic mass is 19.4. The SMILES string of the molecule is Nc1ccc(-c2nnnn2CCOCC(F)(F)F)cc1F. The first-order chi connectivity index (χ1) is 9.87. The molecule has 21 heavy (non-hydrogen) atoms. The Bertz CT molecular complexity index is 613. The van der Waals surface area contributed by atoms with Crippen molar-refractivity contribution in [2.24, 2.45) is 0 Å². The Labute approximate surface area is 116 Å². The van der Waals surface area contributed by atoms with E-state index in [0.29, 0.717) is 5.56 Å². The molecule has 0 spiro atoms. The van der Waals surface area contributed by atoms with Crippen molar-refractivity contribution in [3.8, 4) is 11.4 Å². The fourth-order valence-corrected chi connectivity index (χ4v) is 1.57. The number of anilines is 1. The molecule has 2 N–H and O–H groups in total. The molecule has 1 aromatic carbocycles. The average Bonchev–Trinajstić information content (AvgIpc) is 2.85. The van der Waals surface area contributed by atoms with E-state index in [2.05, 4.69) is 20.3 Å². The van der Waals surface area contributed by atoms with Gasteiger partial charge in [-0.3, -0.25) is 0 Å². The van der Waals surface area contributed by atoms with Crippen LogP contribution in [0.4, 0.5) is 23.2 Å². The molecule has 0 saturated carbocycles. The van der Waals surface area contributed by atoms with Crippen LogP contribution in [0.1, 0.15) is 0 Å². The molecule has 0 unspecified atom stereocenters. The number of nitrogens with zero attached hydrogens (tertiary/aromatic N) is 4. The van der Waals surface area contributed by atoms with Gasteiger partial charge in [-0.25, -0.2) is 9.07 Å². The predicted molar refractivity (Wildman–Crippen MR) is 64.5 cm³/mol. The van der Waals surface area contributed by atoms with Gasteiger partial charge in [0.25, 0.3) is 0 Å². The molecule has 0 saturated heterocycles. The first-order valence-electron chi connectivity index (χ1n) is 5.83. The number of rotatable bonds is 5. The number of halogens is 4. The van der Waals surface area contributed by atoms with Gasteiger partial charge in [0.2, 0.25) is 0 Å². The van der Waals surface area contributed by atoms with Gasteiger partial charge in [0.15, 0.2) is 5.82 Å². The number of nitrogen functional groups attached to an aromatic ring is 1. The van der Waals surface area contributed by atoms with Crippen LogP contribution in [0.3, 0.4) is 0 Å². The Hall–Kier alpha value is -2.23. The summed E-state index contributed by atoms with van der Waals surface area (Å²) in [5.41, 5.74) is 5.70. The monoisotopic (exact) mass is 305 g/mol. The van der Waals surface area contributed by atoms with Crippen LogP contribution in [0.15, 0.2) is 18.2 Å². The Morgan fingerprint density at radius 2 is 2.05 bits per heavy atom. The van der Waals surface area contributed by atoms with Crippen LogP contribution in [0, 0.1) is 5.82 Å². The molecule has 10 heteroatoms. The topological polar surface area (TPSA) is 78.9 Å². The van der Waals surface area contributed by atoms with E-state index >= 15 is 0 Å². The van der Waals surface area contributed by atoms with Gasteiger partial charge in [0.1, 0.15) is 12.4 Å². The number of nitrogens with two attached hydrogens (primary N) is 1. The van der Waals surface area contributed by atoms with Crippen LogP contribution in [0.5, 0.6) is 0 Å². The van der Waals surface area contributed by atoms with Crippen LogP contribution in [0.25, 0.3) is 11.4 Å². The molecule has 0 amide bonds. The zero-order valence-electron chi connectivity index (χ0n) is 10.6. The lowest BCUT2D eigenvalue weighted by Gasteiger charge is -2.08. The highest BCUT2D eigenvalue weighted by Crippen LogP contribution is 2.20. The van der Waals surface area contributed by atoms with E-state index in [1.807, 2.05) is 0 Å². The van der Waals surface area contributed by atoms with Gasteiger partial charge in [0, 0.05) is 5.56 Å². The number of hydrogen-bond donors (Lipinski definition) is 1. The molecular formula is C11H11F4N5O. The number of benzene rings is 1. The number of tetrazole rings is 1. The Balaban J connectivity index is 2.03. The summed E-state index contributed by atoms with van der Waals surface area (Å²) >= 11 is 0. The first-order valence-corrected chi connectivity index (χ1v) is 5.83. The zero-order valence-corrected chi connectivity index (χ0v) is 10.6. The van der Waals surface area contributed by atoms with Crippen molar-refractivity contribution in [1.29, 1.82) is 0 Å². The maximum atomic E-state index is 13.4. The first kappa shape index (κ1) is 15.2. The smallest absolute Gasteiger partial charge is 0.396 e. The molecule has 0 aliphatic rings. The molecule has 0 aliphatic heterocycles. The highest BCUT2D eigenvalue weighted by molar-refractivity contribution is 5.58. The molecule has 0 atom stereocenters. The summed E-state index contributed by atoms with van der Waals surface area (Å²) in [5.74, 6) is -0.417. The van der Waals surface area contributed by atoms with E-state index in [-0.39, 0.29) is 24.7 Å². The second-order valence-electron chi connectivity index (χ2n) is 4.13. The standard InChI is InChI=1S/C11H11F4N5O/c12-8-5-7(1-2-9(8)16)10-17-18-19-20(10)3-4-21-6-11(13,14)15/h1-2,5H,3-4,6,16H2. The Morgan fingerprint density at radius 3 is 2.71 bits per heavy atom. The van der Waals surface area contributed by atoms with Crippen molar-refractivity contribution in [3.05, 3.63) is 24.0 Å². The van der Waals surface area contributed by atoms with Crippen molar-refractivity contribution >= 4 is 5.69 Å². The molecule has 0 fully saturated rings. The van der Waals surface area contributed by atoms with Crippen molar-refractivity contribution in [1.82, 2.24) is 20.2 Å². The molecule has 114 valence electrons. The second-order valence-corrected chi connectivity index (χ2v) is 4.13. The predicted octanol–water partition coefficient (Wildman–Crippen LogP) is 1.64. The van der Waals surface area contributed by atoms with Crippen LogP contribution < -0.4 is 5.73 Å². The van der Waals surface area contributed by atoms with E-state index < -0.39 is 18.6 Å². The van der Waals surface area contributed by atoms with Gasteiger partial charge >= 0.3 is 6.18 Å². The molecule has 2 rings (SSSR count). The molecule has 2 aromatic rings. The molecule has 0 aliphatic carbocycles. The highest BCUT2D eigenvalue weighted by Gasteiger charge is 2.27. The van der Waals surface area contributed by atoms with Crippen molar-refractivity contribution in [2.75, 3.05) is 18.9 Å². The van der Waals surface area contributed by atoms with E-state index in [1.54, 1.807) is 0 Å².